The molecule has 13 heteroatoms. The average molecular weight is 549 g/mol. The molecule has 0 radical (unpaired) electrons. The highest BCUT2D eigenvalue weighted by molar-refractivity contribution is 7.92. The van der Waals surface area contributed by atoms with Gasteiger partial charge in [-0.15, -0.1) is 0 Å². The van der Waals surface area contributed by atoms with Gasteiger partial charge < -0.3 is 0 Å². The molecule has 10 nitrogen and oxygen atoms in total. The van der Waals surface area contributed by atoms with Gasteiger partial charge in [0.05, 0.1) is 27.3 Å². The Balaban J connectivity index is 1.75. The van der Waals surface area contributed by atoms with E-state index in [1.165, 1.54) is 43.3 Å². The fourth-order valence-corrected chi connectivity index (χ4v) is 6.07. The third-order valence-corrected chi connectivity index (χ3v) is 8.77. The van der Waals surface area contributed by atoms with Gasteiger partial charge in [0.2, 0.25) is 10.0 Å². The highest BCUT2D eigenvalue weighted by atomic mass is 35.5. The molecule has 0 aliphatic carbocycles. The van der Waals surface area contributed by atoms with E-state index in [-0.39, 0.29) is 27.8 Å². The number of benzene rings is 3. The van der Waals surface area contributed by atoms with E-state index in [0.29, 0.717) is 22.5 Å². The summed E-state index contributed by atoms with van der Waals surface area (Å²) >= 11 is 6.02. The average Bonchev–Trinajstić information content (AvgIpc) is 3.31. The molecule has 4 rings (SSSR count). The van der Waals surface area contributed by atoms with E-state index < -0.39 is 31.0 Å². The van der Waals surface area contributed by atoms with Gasteiger partial charge in [0.15, 0.2) is 0 Å². The van der Waals surface area contributed by atoms with Crippen molar-refractivity contribution in [1.82, 2.24) is 4.41 Å². The number of hydrogen-bond acceptors (Lipinski definition) is 7. The maximum atomic E-state index is 13.6. The number of sulfonamides is 2. The molecule has 1 aliphatic rings. The SMILES string of the molecule is CCS(=O)(=O)Nc1ccc(C2=NN(S(=O)(=O)c3cccc(Cl)c3)C(c3cccc([N+](=O)[O-])c3)C2)cc1. The van der Waals surface area contributed by atoms with Gasteiger partial charge in [-0.05, 0) is 48.4 Å². The lowest BCUT2D eigenvalue weighted by atomic mass is 9.99. The van der Waals surface area contributed by atoms with Crippen molar-refractivity contribution in [2.75, 3.05) is 10.5 Å². The number of nitro benzene ring substituents is 1. The number of nitrogens with one attached hydrogen (secondary N) is 1. The van der Waals surface area contributed by atoms with E-state index in [2.05, 4.69) is 9.82 Å². The number of non-ortho nitro benzene ring substituents is 1. The summed E-state index contributed by atoms with van der Waals surface area (Å²) in [5.41, 5.74) is 1.59. The second kappa shape index (κ2) is 9.88. The van der Waals surface area contributed by atoms with Crippen molar-refractivity contribution >= 4 is 48.7 Å². The van der Waals surface area contributed by atoms with E-state index in [1.54, 1.807) is 36.4 Å². The molecule has 1 N–H and O–H groups in total. The van der Waals surface area contributed by atoms with Crippen LogP contribution in [0.2, 0.25) is 5.02 Å². The van der Waals surface area contributed by atoms with Crippen molar-refractivity contribution in [3.05, 3.63) is 99.1 Å². The lowest BCUT2D eigenvalue weighted by molar-refractivity contribution is -0.384. The number of nitrogens with zero attached hydrogens (tertiary/aromatic N) is 3. The van der Waals surface area contributed by atoms with Crippen molar-refractivity contribution in [2.45, 2.75) is 24.3 Å². The molecule has 3 aromatic rings. The first-order valence-electron chi connectivity index (χ1n) is 10.7. The molecule has 0 amide bonds. The minimum absolute atomic E-state index is 0.0697. The van der Waals surface area contributed by atoms with Gasteiger partial charge in [-0.2, -0.15) is 17.9 Å². The summed E-state index contributed by atoms with van der Waals surface area (Å²) in [7, 11) is -7.62. The predicted molar refractivity (Wildman–Crippen MR) is 137 cm³/mol. The van der Waals surface area contributed by atoms with Gasteiger partial charge in [0.1, 0.15) is 0 Å². The number of hydrazone groups is 1. The quantitative estimate of drug-likeness (QED) is 0.323. The molecule has 0 saturated carbocycles. The molecule has 1 aliphatic heterocycles. The van der Waals surface area contributed by atoms with Gasteiger partial charge in [-0.25, -0.2) is 8.42 Å². The summed E-state index contributed by atoms with van der Waals surface area (Å²) in [4.78, 5) is 10.7. The molecular formula is C23H21ClN4O6S2. The first-order valence-corrected chi connectivity index (χ1v) is 14.2. The molecule has 0 spiro atoms. The topological polar surface area (TPSA) is 139 Å². The summed E-state index contributed by atoms with van der Waals surface area (Å²) in [6.07, 6.45) is 0.140. The van der Waals surface area contributed by atoms with Gasteiger partial charge >= 0.3 is 0 Å². The van der Waals surface area contributed by atoms with E-state index in [4.69, 9.17) is 11.6 Å². The highest BCUT2D eigenvalue weighted by Crippen LogP contribution is 2.38. The van der Waals surface area contributed by atoms with Crippen LogP contribution in [0.3, 0.4) is 0 Å². The van der Waals surface area contributed by atoms with Gasteiger partial charge in [0.25, 0.3) is 15.7 Å². The third-order valence-electron chi connectivity index (χ3n) is 5.55. The maximum Gasteiger partial charge on any atom is 0.279 e. The summed E-state index contributed by atoms with van der Waals surface area (Å²) in [5, 5.41) is 16.0. The van der Waals surface area contributed by atoms with Crippen LogP contribution in [0.1, 0.15) is 30.5 Å². The monoisotopic (exact) mass is 548 g/mol. The summed E-state index contributed by atoms with van der Waals surface area (Å²) in [6, 6.07) is 17.0. The number of hydrogen-bond donors (Lipinski definition) is 1. The predicted octanol–water partition coefficient (Wildman–Crippen LogP) is 4.55. The lowest BCUT2D eigenvalue weighted by Gasteiger charge is -2.23. The molecular weight excluding hydrogens is 528 g/mol. The first kappa shape index (κ1) is 25.6. The summed E-state index contributed by atoms with van der Waals surface area (Å²) < 4.78 is 54.2. The molecule has 0 saturated heterocycles. The molecule has 0 fully saturated rings. The summed E-state index contributed by atoms with van der Waals surface area (Å²) in [6.45, 7) is 1.52. The zero-order valence-electron chi connectivity index (χ0n) is 18.9. The Bertz CT molecular complexity index is 1560. The van der Waals surface area contributed by atoms with Crippen molar-refractivity contribution in [1.29, 1.82) is 0 Å². The molecule has 3 aromatic carbocycles. The largest absolute Gasteiger partial charge is 0.284 e. The Morgan fingerprint density at radius 2 is 1.75 bits per heavy atom. The lowest BCUT2D eigenvalue weighted by Crippen LogP contribution is -2.27. The second-order valence-electron chi connectivity index (χ2n) is 7.94. The maximum absolute atomic E-state index is 13.6. The van der Waals surface area contributed by atoms with Crippen LogP contribution in [0.4, 0.5) is 11.4 Å². The van der Waals surface area contributed by atoms with E-state index in [9.17, 15) is 26.9 Å². The van der Waals surface area contributed by atoms with Crippen LogP contribution >= 0.6 is 11.6 Å². The van der Waals surface area contributed by atoms with Crippen LogP contribution in [0.15, 0.2) is 82.8 Å². The Labute approximate surface area is 213 Å². The standard InChI is InChI=1S/C23H21ClN4O6S2/c1-2-35(31,32)26-19-11-9-16(10-12-19)22-15-23(17-5-3-7-20(13-17)28(29)30)27(25-22)36(33,34)21-8-4-6-18(24)14-21/h3-14,23,26H,2,15H2,1H3. The Morgan fingerprint density at radius 1 is 1.06 bits per heavy atom. The molecule has 1 atom stereocenters. The molecule has 1 heterocycles. The van der Waals surface area contributed by atoms with Crippen LogP contribution in [-0.4, -0.2) is 37.6 Å². The number of anilines is 1. The van der Waals surface area contributed by atoms with Gasteiger partial charge in [0, 0.05) is 29.3 Å². The normalized spacial score (nSPS) is 16.0. The van der Waals surface area contributed by atoms with Crippen LogP contribution in [-0.2, 0) is 20.0 Å². The van der Waals surface area contributed by atoms with Crippen molar-refractivity contribution in [3.8, 4) is 0 Å². The zero-order chi connectivity index (χ0) is 26.1. The first-order chi connectivity index (χ1) is 17.0. The zero-order valence-corrected chi connectivity index (χ0v) is 21.3. The highest BCUT2D eigenvalue weighted by Gasteiger charge is 2.38. The molecule has 188 valence electrons. The summed E-state index contributed by atoms with van der Waals surface area (Å²) in [5.74, 6) is -0.0807. The smallest absolute Gasteiger partial charge is 0.279 e. The van der Waals surface area contributed by atoms with Crippen LogP contribution in [0.25, 0.3) is 0 Å². The fraction of sp³-hybridized carbons (Fsp3) is 0.174. The van der Waals surface area contributed by atoms with Gasteiger partial charge in [-0.3, -0.25) is 14.8 Å². The van der Waals surface area contributed by atoms with Crippen LogP contribution < -0.4 is 4.72 Å². The second-order valence-corrected chi connectivity index (χ2v) is 12.2. The van der Waals surface area contributed by atoms with E-state index in [1.807, 2.05) is 0 Å². The van der Waals surface area contributed by atoms with E-state index in [0.717, 1.165) is 4.41 Å². The number of rotatable bonds is 8. The molecule has 1 unspecified atom stereocenters. The fourth-order valence-electron chi connectivity index (χ4n) is 3.70. The van der Waals surface area contributed by atoms with Gasteiger partial charge in [-0.1, -0.05) is 41.9 Å². The van der Waals surface area contributed by atoms with Crippen molar-refractivity contribution < 1.29 is 21.8 Å². The minimum Gasteiger partial charge on any atom is -0.284 e. The Kier molecular flexibility index (Phi) is 7.03. The Hall–Kier alpha value is -3.48. The molecule has 0 bridgehead atoms. The van der Waals surface area contributed by atoms with Crippen LogP contribution in [0.5, 0.6) is 0 Å². The number of nitro groups is 1. The molecule has 36 heavy (non-hydrogen) atoms. The van der Waals surface area contributed by atoms with Crippen molar-refractivity contribution in [3.63, 3.8) is 0 Å². The van der Waals surface area contributed by atoms with E-state index >= 15 is 0 Å². The number of halogens is 1. The Morgan fingerprint density at radius 3 is 2.39 bits per heavy atom. The van der Waals surface area contributed by atoms with Crippen LogP contribution in [0, 0.1) is 10.1 Å². The third kappa shape index (κ3) is 5.35. The molecule has 0 aromatic heterocycles. The minimum atomic E-state index is -4.17. The van der Waals surface area contributed by atoms with Crippen molar-refractivity contribution in [2.24, 2.45) is 5.10 Å².